The molecule has 30 heavy (non-hydrogen) atoms. The number of aryl methyl sites for hydroxylation is 1. The largest absolute Gasteiger partial charge is 0.493 e. The van der Waals surface area contributed by atoms with Crippen LogP contribution in [0.5, 0.6) is 11.5 Å². The van der Waals surface area contributed by atoms with E-state index in [1.54, 1.807) is 45.4 Å². The lowest BCUT2D eigenvalue weighted by atomic mass is 9.87. The topological polar surface area (TPSA) is 73.9 Å². The highest BCUT2D eigenvalue weighted by molar-refractivity contribution is 5.90. The third-order valence-corrected chi connectivity index (χ3v) is 5.17. The van der Waals surface area contributed by atoms with E-state index < -0.39 is 12.1 Å². The summed E-state index contributed by atoms with van der Waals surface area (Å²) in [6.45, 7) is 1.58. The highest BCUT2D eigenvalue weighted by atomic mass is 16.5. The van der Waals surface area contributed by atoms with E-state index in [2.05, 4.69) is 11.4 Å². The molecule has 0 spiro atoms. The summed E-state index contributed by atoms with van der Waals surface area (Å²) in [5.74, 6) is 0.279. The van der Waals surface area contributed by atoms with E-state index in [0.29, 0.717) is 11.5 Å². The molecule has 6 heteroatoms. The summed E-state index contributed by atoms with van der Waals surface area (Å²) in [5.41, 5.74) is 3.15. The number of fused-ring (bicyclic) bond motifs is 1. The summed E-state index contributed by atoms with van der Waals surface area (Å²) in [5, 5.41) is 3.01. The van der Waals surface area contributed by atoms with Crippen LogP contribution >= 0.6 is 0 Å². The first-order valence-electron chi connectivity index (χ1n) is 10.0. The summed E-state index contributed by atoms with van der Waals surface area (Å²) in [4.78, 5) is 24.7. The lowest BCUT2D eigenvalue weighted by Crippen LogP contribution is -2.39. The Balaban J connectivity index is 1.57. The minimum absolute atomic E-state index is 0.0501. The van der Waals surface area contributed by atoms with E-state index in [4.69, 9.17) is 14.2 Å². The van der Waals surface area contributed by atoms with Crippen LogP contribution in [-0.2, 0) is 20.7 Å². The van der Waals surface area contributed by atoms with Gasteiger partial charge in [0.25, 0.3) is 5.91 Å². The average Bonchev–Trinajstić information content (AvgIpc) is 2.77. The van der Waals surface area contributed by atoms with Crippen molar-refractivity contribution in [3.05, 3.63) is 65.2 Å². The van der Waals surface area contributed by atoms with Gasteiger partial charge in [0, 0.05) is 6.08 Å². The van der Waals surface area contributed by atoms with Crippen LogP contribution in [-0.4, -0.2) is 32.2 Å². The van der Waals surface area contributed by atoms with Gasteiger partial charge in [0.05, 0.1) is 20.3 Å². The van der Waals surface area contributed by atoms with Crippen molar-refractivity contribution in [1.29, 1.82) is 0 Å². The van der Waals surface area contributed by atoms with Crippen LogP contribution in [0.4, 0.5) is 0 Å². The van der Waals surface area contributed by atoms with Gasteiger partial charge in [-0.1, -0.05) is 30.3 Å². The number of carbonyl (C=O) groups excluding carboxylic acids is 2. The second-order valence-electron chi connectivity index (χ2n) is 7.18. The number of ether oxygens (including phenoxy) is 3. The fourth-order valence-electron chi connectivity index (χ4n) is 3.58. The van der Waals surface area contributed by atoms with Gasteiger partial charge in [0.1, 0.15) is 0 Å². The van der Waals surface area contributed by atoms with E-state index in [1.165, 1.54) is 11.6 Å². The van der Waals surface area contributed by atoms with Crippen molar-refractivity contribution in [3.8, 4) is 11.5 Å². The molecule has 0 radical (unpaired) electrons. The lowest BCUT2D eigenvalue weighted by molar-refractivity contribution is -0.150. The number of methoxy groups -OCH3 is 2. The summed E-state index contributed by atoms with van der Waals surface area (Å²) < 4.78 is 15.7. The monoisotopic (exact) mass is 409 g/mol. The fourth-order valence-corrected chi connectivity index (χ4v) is 3.58. The van der Waals surface area contributed by atoms with Gasteiger partial charge in [-0.05, 0) is 61.1 Å². The zero-order chi connectivity index (χ0) is 21.5. The molecule has 1 N–H and O–H groups in total. The number of benzene rings is 2. The quantitative estimate of drug-likeness (QED) is 0.556. The Bertz CT molecular complexity index is 937. The molecular weight excluding hydrogens is 382 g/mol. The molecule has 0 bridgehead atoms. The average molecular weight is 409 g/mol. The Kier molecular flexibility index (Phi) is 7.12. The molecule has 0 fully saturated rings. The number of hydrogen-bond donors (Lipinski definition) is 1. The Hall–Kier alpha value is -3.28. The van der Waals surface area contributed by atoms with Crippen molar-refractivity contribution in [1.82, 2.24) is 5.32 Å². The van der Waals surface area contributed by atoms with E-state index in [0.717, 1.165) is 30.4 Å². The fraction of sp³-hybridized carbons (Fsp3) is 0.333. The van der Waals surface area contributed by atoms with Gasteiger partial charge in [-0.25, -0.2) is 4.79 Å². The van der Waals surface area contributed by atoms with Crippen LogP contribution in [0.1, 0.15) is 42.5 Å². The molecular formula is C24H27NO5. The number of esters is 1. The number of hydrogen-bond acceptors (Lipinski definition) is 5. The number of amides is 1. The number of nitrogens with one attached hydrogen (secondary N) is 1. The van der Waals surface area contributed by atoms with Crippen molar-refractivity contribution < 1.29 is 23.8 Å². The molecule has 158 valence electrons. The Morgan fingerprint density at radius 3 is 2.63 bits per heavy atom. The third-order valence-electron chi connectivity index (χ3n) is 5.17. The van der Waals surface area contributed by atoms with Crippen LogP contribution < -0.4 is 14.8 Å². The standard InChI is InChI=1S/C24H27NO5/c1-16(24(27)25-20-10-6-8-18-7-4-5-9-19(18)20)30-23(26)14-12-17-11-13-21(28-2)22(15-17)29-3/h4-5,7,9,11-16,20H,6,8,10H2,1-3H3,(H,25,27)/b14-12+/t16-,20-/m0/s1. The molecule has 0 aromatic heterocycles. The molecule has 2 atom stereocenters. The highest BCUT2D eigenvalue weighted by Gasteiger charge is 2.24. The maximum absolute atomic E-state index is 12.5. The van der Waals surface area contributed by atoms with Crippen molar-refractivity contribution in [3.63, 3.8) is 0 Å². The Morgan fingerprint density at radius 1 is 1.10 bits per heavy atom. The van der Waals surface area contributed by atoms with Gasteiger partial charge >= 0.3 is 5.97 Å². The summed E-state index contributed by atoms with van der Waals surface area (Å²) in [6.07, 6.45) is 4.93. The molecule has 0 unspecified atom stereocenters. The smallest absolute Gasteiger partial charge is 0.331 e. The normalized spacial score (nSPS) is 16.4. The summed E-state index contributed by atoms with van der Waals surface area (Å²) in [6, 6.07) is 13.4. The predicted octanol–water partition coefficient (Wildman–Crippen LogP) is 3.84. The van der Waals surface area contributed by atoms with Gasteiger partial charge in [-0.2, -0.15) is 0 Å². The maximum Gasteiger partial charge on any atom is 0.331 e. The number of carbonyl (C=O) groups is 2. The van der Waals surface area contributed by atoms with E-state index in [-0.39, 0.29) is 11.9 Å². The van der Waals surface area contributed by atoms with Gasteiger partial charge in [0.15, 0.2) is 17.6 Å². The summed E-state index contributed by atoms with van der Waals surface area (Å²) in [7, 11) is 3.10. The number of rotatable bonds is 7. The molecule has 6 nitrogen and oxygen atoms in total. The predicted molar refractivity (Wildman–Crippen MR) is 114 cm³/mol. The molecule has 0 saturated carbocycles. The minimum atomic E-state index is -0.887. The molecule has 1 aliphatic carbocycles. The van der Waals surface area contributed by atoms with Gasteiger partial charge < -0.3 is 19.5 Å². The molecule has 2 aromatic rings. The van der Waals surface area contributed by atoms with Crippen LogP contribution in [0.3, 0.4) is 0 Å². The molecule has 3 rings (SSSR count). The first-order chi connectivity index (χ1) is 14.5. The minimum Gasteiger partial charge on any atom is -0.493 e. The van der Waals surface area contributed by atoms with E-state index >= 15 is 0 Å². The molecule has 0 saturated heterocycles. The van der Waals surface area contributed by atoms with Crippen molar-refractivity contribution in [2.75, 3.05) is 14.2 Å². The summed E-state index contributed by atoms with van der Waals surface area (Å²) >= 11 is 0. The van der Waals surface area contributed by atoms with Crippen molar-refractivity contribution in [2.45, 2.75) is 38.3 Å². The van der Waals surface area contributed by atoms with Gasteiger partial charge in [0.2, 0.25) is 0 Å². The molecule has 1 aliphatic rings. The third kappa shape index (κ3) is 5.20. The van der Waals surface area contributed by atoms with Crippen LogP contribution in [0.25, 0.3) is 6.08 Å². The SMILES string of the molecule is COc1ccc(/C=C/C(=O)O[C@@H](C)C(=O)N[C@H]2CCCc3ccccc32)cc1OC. The van der Waals surface area contributed by atoms with Crippen molar-refractivity contribution in [2.24, 2.45) is 0 Å². The van der Waals surface area contributed by atoms with E-state index in [9.17, 15) is 9.59 Å². The van der Waals surface area contributed by atoms with Gasteiger partial charge in [-0.3, -0.25) is 4.79 Å². The van der Waals surface area contributed by atoms with Crippen LogP contribution in [0.2, 0.25) is 0 Å². The van der Waals surface area contributed by atoms with Crippen LogP contribution in [0, 0.1) is 0 Å². The van der Waals surface area contributed by atoms with E-state index in [1.807, 2.05) is 18.2 Å². The Morgan fingerprint density at radius 2 is 1.87 bits per heavy atom. The second kappa shape index (κ2) is 9.96. The Labute approximate surface area is 176 Å². The van der Waals surface area contributed by atoms with Crippen LogP contribution in [0.15, 0.2) is 48.5 Å². The zero-order valence-corrected chi connectivity index (χ0v) is 17.5. The van der Waals surface area contributed by atoms with Gasteiger partial charge in [-0.15, -0.1) is 0 Å². The lowest BCUT2D eigenvalue weighted by Gasteiger charge is -2.27. The second-order valence-corrected chi connectivity index (χ2v) is 7.18. The molecule has 0 aliphatic heterocycles. The zero-order valence-electron chi connectivity index (χ0n) is 17.5. The molecule has 1 amide bonds. The maximum atomic E-state index is 12.5. The molecule has 2 aromatic carbocycles. The first kappa shape index (κ1) is 21.4. The highest BCUT2D eigenvalue weighted by Crippen LogP contribution is 2.30. The van der Waals surface area contributed by atoms with Crippen molar-refractivity contribution >= 4 is 18.0 Å². The molecule has 0 heterocycles. The first-order valence-corrected chi connectivity index (χ1v) is 10.0.